The smallest absolute Gasteiger partial charge is 0.274 e. The second kappa shape index (κ2) is 7.55. The molecular formula is C11H15ClN6O4S. The number of nitrogens with two attached hydrogens (primary N) is 2. The maximum Gasteiger partial charge on any atom is 0.274 e. The number of halogens is 1. The van der Waals surface area contributed by atoms with Crippen LogP contribution in [0, 0.1) is 0 Å². The van der Waals surface area contributed by atoms with Crippen LogP contribution in [0.15, 0.2) is 26.4 Å². The van der Waals surface area contributed by atoms with E-state index in [0.717, 1.165) is 0 Å². The molecule has 0 bridgehead atoms. The van der Waals surface area contributed by atoms with Gasteiger partial charge in [-0.15, -0.1) is 0 Å². The number of rotatable bonds is 8. The molecule has 0 saturated carbocycles. The highest BCUT2D eigenvalue weighted by atomic mass is 35.5. The minimum atomic E-state index is -3.71. The summed E-state index contributed by atoms with van der Waals surface area (Å²) >= 11 is 5.74. The monoisotopic (exact) mass is 362 g/mol. The molecule has 0 saturated heterocycles. The highest BCUT2D eigenvalue weighted by Gasteiger charge is 2.14. The Morgan fingerprint density at radius 2 is 2.22 bits per heavy atom. The van der Waals surface area contributed by atoms with E-state index in [-0.39, 0.29) is 18.9 Å². The van der Waals surface area contributed by atoms with E-state index in [0.29, 0.717) is 35.0 Å². The molecule has 2 aromatic rings. The second-order valence-electron chi connectivity index (χ2n) is 4.54. The van der Waals surface area contributed by atoms with E-state index in [1.54, 1.807) is 6.07 Å². The largest absolute Gasteiger partial charge is 0.466 e. The van der Waals surface area contributed by atoms with E-state index in [4.69, 9.17) is 26.9 Å². The Morgan fingerprint density at radius 1 is 1.43 bits per heavy atom. The fourth-order valence-electron chi connectivity index (χ4n) is 1.71. The van der Waals surface area contributed by atoms with Crippen LogP contribution in [0.4, 0.5) is 0 Å². The summed E-state index contributed by atoms with van der Waals surface area (Å²) < 4.78 is 33.5. The van der Waals surface area contributed by atoms with Crippen molar-refractivity contribution in [2.45, 2.75) is 19.4 Å². The summed E-state index contributed by atoms with van der Waals surface area (Å²) in [4.78, 5) is 4.13. The van der Waals surface area contributed by atoms with Gasteiger partial charge in [0.2, 0.25) is 0 Å². The first kappa shape index (κ1) is 17.4. The quantitative estimate of drug-likeness (QED) is 0.336. The van der Waals surface area contributed by atoms with Gasteiger partial charge in [0, 0.05) is 12.6 Å². The first-order valence-corrected chi connectivity index (χ1v) is 8.39. The highest BCUT2D eigenvalue weighted by Crippen LogP contribution is 2.14. The fraction of sp³-hybridized carbons (Fsp3) is 0.364. The number of nitrogens with one attached hydrogen (secondary N) is 1. The van der Waals surface area contributed by atoms with Crippen molar-refractivity contribution in [1.29, 1.82) is 0 Å². The zero-order valence-electron chi connectivity index (χ0n) is 11.9. The van der Waals surface area contributed by atoms with E-state index in [9.17, 15) is 8.42 Å². The molecule has 0 spiro atoms. The molecule has 0 aromatic carbocycles. The molecule has 10 nitrogen and oxygen atoms in total. The van der Waals surface area contributed by atoms with Gasteiger partial charge in [0.05, 0.1) is 11.6 Å². The predicted octanol–water partition coefficient (Wildman–Crippen LogP) is -0.0528. The Kier molecular flexibility index (Phi) is 5.71. The van der Waals surface area contributed by atoms with Gasteiger partial charge in [-0.05, 0) is 18.0 Å². The predicted molar refractivity (Wildman–Crippen MR) is 81.9 cm³/mol. The van der Waals surface area contributed by atoms with Gasteiger partial charge < -0.3 is 10.2 Å². The standard InChI is InChI=1S/C11H15ClN6O4S/c12-7-4-8(21-6-7)5-15-11(13)10-9(17-22-18-10)2-1-3-16-23(14,19)20/h4,6,16H,1-3,5H2,(H2,13,15)(H2,14,19,20). The summed E-state index contributed by atoms with van der Waals surface area (Å²) in [5, 5.41) is 12.7. The Labute approximate surface area is 137 Å². The number of hydrogen-bond acceptors (Lipinski definition) is 7. The molecule has 2 rings (SSSR count). The zero-order valence-corrected chi connectivity index (χ0v) is 13.5. The minimum Gasteiger partial charge on any atom is -0.466 e. The third-order valence-electron chi connectivity index (χ3n) is 2.72. The van der Waals surface area contributed by atoms with Crippen molar-refractivity contribution in [3.05, 3.63) is 34.5 Å². The molecule has 0 aliphatic rings. The summed E-state index contributed by atoms with van der Waals surface area (Å²) in [7, 11) is -3.71. The van der Waals surface area contributed by atoms with Crippen molar-refractivity contribution in [2.75, 3.05) is 6.54 Å². The van der Waals surface area contributed by atoms with Gasteiger partial charge in [-0.1, -0.05) is 16.8 Å². The van der Waals surface area contributed by atoms with Crippen molar-refractivity contribution in [3.8, 4) is 0 Å². The van der Waals surface area contributed by atoms with Gasteiger partial charge >= 0.3 is 0 Å². The third kappa shape index (κ3) is 5.63. The number of amidine groups is 1. The number of nitrogens with zero attached hydrogens (tertiary/aromatic N) is 3. The Bertz CT molecular complexity index is 784. The van der Waals surface area contributed by atoms with Crippen LogP contribution < -0.4 is 15.6 Å². The van der Waals surface area contributed by atoms with Crippen LogP contribution in [-0.2, 0) is 23.2 Å². The van der Waals surface area contributed by atoms with Crippen LogP contribution in [-0.4, -0.2) is 31.1 Å². The van der Waals surface area contributed by atoms with E-state index < -0.39 is 10.2 Å². The van der Waals surface area contributed by atoms with Gasteiger partial charge in [-0.3, -0.25) is 4.99 Å². The van der Waals surface area contributed by atoms with E-state index in [1.807, 2.05) is 0 Å². The van der Waals surface area contributed by atoms with Crippen LogP contribution >= 0.6 is 11.6 Å². The maximum atomic E-state index is 10.8. The number of aromatic nitrogens is 2. The summed E-state index contributed by atoms with van der Waals surface area (Å²) in [6, 6.07) is 1.62. The Balaban J connectivity index is 1.93. The van der Waals surface area contributed by atoms with Crippen molar-refractivity contribution < 1.29 is 17.5 Å². The van der Waals surface area contributed by atoms with Gasteiger partial charge in [-0.25, -0.2) is 14.5 Å². The summed E-state index contributed by atoms with van der Waals surface area (Å²) in [6.45, 7) is 0.352. The molecule has 0 radical (unpaired) electrons. The first-order valence-electron chi connectivity index (χ1n) is 6.47. The van der Waals surface area contributed by atoms with Crippen LogP contribution in [0.3, 0.4) is 0 Å². The molecule has 0 amide bonds. The van der Waals surface area contributed by atoms with Gasteiger partial charge in [-0.2, -0.15) is 8.42 Å². The van der Waals surface area contributed by atoms with Gasteiger partial charge in [0.1, 0.15) is 17.7 Å². The molecule has 0 aliphatic heterocycles. The molecule has 5 N–H and O–H groups in total. The van der Waals surface area contributed by atoms with Crippen molar-refractivity contribution >= 4 is 27.6 Å². The lowest BCUT2D eigenvalue weighted by Gasteiger charge is -2.01. The van der Waals surface area contributed by atoms with Crippen molar-refractivity contribution in [2.24, 2.45) is 15.9 Å². The molecule has 12 heteroatoms. The van der Waals surface area contributed by atoms with Crippen molar-refractivity contribution in [1.82, 2.24) is 15.0 Å². The van der Waals surface area contributed by atoms with Crippen LogP contribution in [0.5, 0.6) is 0 Å². The maximum absolute atomic E-state index is 10.8. The topological polar surface area (TPSA) is 163 Å². The molecule has 0 unspecified atom stereocenters. The summed E-state index contributed by atoms with van der Waals surface area (Å²) in [6.07, 6.45) is 2.23. The average molecular weight is 363 g/mol. The minimum absolute atomic E-state index is 0.133. The van der Waals surface area contributed by atoms with Gasteiger partial charge in [0.25, 0.3) is 10.2 Å². The van der Waals surface area contributed by atoms with E-state index in [2.05, 4.69) is 24.7 Å². The van der Waals surface area contributed by atoms with E-state index in [1.165, 1.54) is 6.26 Å². The SMILES string of the molecule is NC(=NCc1cc(Cl)co1)c1nonc1CCCNS(N)(=O)=O. The van der Waals surface area contributed by atoms with Gasteiger partial charge in [0.15, 0.2) is 11.5 Å². The third-order valence-corrected chi connectivity index (χ3v) is 3.52. The highest BCUT2D eigenvalue weighted by molar-refractivity contribution is 7.87. The molecule has 126 valence electrons. The zero-order chi connectivity index (χ0) is 16.9. The lowest BCUT2D eigenvalue weighted by Crippen LogP contribution is -2.31. The number of aliphatic imine (C=N–C) groups is 1. The Hall–Kier alpha value is -1.95. The summed E-state index contributed by atoms with van der Waals surface area (Å²) in [5.74, 6) is 0.682. The average Bonchev–Trinajstić information content (AvgIpc) is 3.09. The molecule has 0 atom stereocenters. The molecule has 2 heterocycles. The number of aryl methyl sites for hydroxylation is 1. The van der Waals surface area contributed by atoms with Crippen molar-refractivity contribution in [3.63, 3.8) is 0 Å². The van der Waals surface area contributed by atoms with Crippen LogP contribution in [0.25, 0.3) is 0 Å². The Morgan fingerprint density at radius 3 is 2.87 bits per heavy atom. The molecule has 0 aliphatic carbocycles. The van der Waals surface area contributed by atoms with Crippen LogP contribution in [0.1, 0.15) is 23.6 Å². The lowest BCUT2D eigenvalue weighted by molar-refractivity contribution is 0.302. The molecule has 23 heavy (non-hydrogen) atoms. The molecule has 2 aromatic heterocycles. The van der Waals surface area contributed by atoms with E-state index >= 15 is 0 Å². The normalized spacial score (nSPS) is 12.7. The van der Waals surface area contributed by atoms with Crippen LogP contribution in [0.2, 0.25) is 5.02 Å². The second-order valence-corrected chi connectivity index (χ2v) is 6.35. The molecular weight excluding hydrogens is 348 g/mol. The fourth-order valence-corrected chi connectivity index (χ4v) is 2.31. The first-order chi connectivity index (χ1) is 10.8. The number of hydrogen-bond donors (Lipinski definition) is 3. The summed E-state index contributed by atoms with van der Waals surface area (Å²) in [5.41, 5.74) is 6.63. The number of furan rings is 1. The molecule has 0 fully saturated rings. The lowest BCUT2D eigenvalue weighted by atomic mass is 10.2.